The molecule has 2 aromatic rings. The number of aromatic nitrogens is 2. The van der Waals surface area contributed by atoms with E-state index < -0.39 is 12.8 Å². The maximum atomic E-state index is 7.76. The number of hydrogen-bond donors (Lipinski definition) is 1. The Morgan fingerprint density at radius 2 is 2.19 bits per heavy atom. The molecule has 86 valence electrons. The molecule has 1 N–H and O–H groups in total. The molecule has 0 aliphatic rings. The molecule has 0 saturated heterocycles. The number of halogens is 1. The molecular weight excluding hydrogens is 221 g/mol. The van der Waals surface area contributed by atoms with Crippen LogP contribution in [0.4, 0.5) is 0 Å². The van der Waals surface area contributed by atoms with E-state index in [1.54, 1.807) is 6.20 Å². The van der Waals surface area contributed by atoms with Gasteiger partial charge in [-0.15, -0.1) is 12.4 Å². The third kappa shape index (κ3) is 2.27. The summed E-state index contributed by atoms with van der Waals surface area (Å²) in [5, 5.41) is 0. The van der Waals surface area contributed by atoms with Gasteiger partial charge in [0.15, 0.2) is 0 Å². The van der Waals surface area contributed by atoms with Crippen molar-refractivity contribution < 1.29 is 4.11 Å². The van der Waals surface area contributed by atoms with E-state index in [0.717, 1.165) is 16.7 Å². The third-order valence-corrected chi connectivity index (χ3v) is 2.79. The Balaban J connectivity index is 0.00000180. The molecule has 16 heavy (non-hydrogen) atoms. The fourth-order valence-electron chi connectivity index (χ4n) is 1.68. The van der Waals surface area contributed by atoms with E-state index in [4.69, 9.17) is 4.11 Å². The highest BCUT2D eigenvalue weighted by Crippen LogP contribution is 2.26. The molecule has 0 aliphatic carbocycles. The van der Waals surface area contributed by atoms with Crippen molar-refractivity contribution in [2.45, 2.75) is 26.6 Å². The van der Waals surface area contributed by atoms with Crippen LogP contribution >= 0.6 is 12.4 Å². The van der Waals surface area contributed by atoms with Crippen molar-refractivity contribution in [1.82, 2.24) is 9.97 Å². The summed E-state index contributed by atoms with van der Waals surface area (Å²) >= 11 is 0. The van der Waals surface area contributed by atoms with Crippen LogP contribution in [0.15, 0.2) is 30.7 Å². The lowest BCUT2D eigenvalue weighted by molar-refractivity contribution is 0.871. The van der Waals surface area contributed by atoms with Crippen LogP contribution in [0.3, 0.4) is 0 Å². The number of hydrogen-bond acceptors (Lipinski definition) is 1. The summed E-state index contributed by atoms with van der Waals surface area (Å²) in [7, 11) is 0. The molecule has 1 aromatic heterocycles. The van der Waals surface area contributed by atoms with Crippen molar-refractivity contribution in [3.05, 3.63) is 53.1 Å². The normalized spacial score (nSPS) is 15.5. The highest BCUT2D eigenvalue weighted by atomic mass is 35.5. The minimum Gasteiger partial charge on any atom is -0.348 e. The summed E-state index contributed by atoms with van der Waals surface area (Å²) in [6.45, 7) is 1.85. The lowest BCUT2D eigenvalue weighted by Gasteiger charge is -2.14. The minimum atomic E-state index is -2.09. The van der Waals surface area contributed by atoms with Gasteiger partial charge in [-0.05, 0) is 30.5 Å². The van der Waals surface area contributed by atoms with Crippen LogP contribution in [0.25, 0.3) is 0 Å². The summed E-state index contributed by atoms with van der Waals surface area (Å²) in [6.07, 6.45) is 3.10. The molecule has 1 heterocycles. The average Bonchev–Trinajstić information content (AvgIpc) is 2.76. The molecule has 0 saturated carbocycles. The second kappa shape index (κ2) is 5.17. The van der Waals surface area contributed by atoms with Crippen molar-refractivity contribution in [3.63, 3.8) is 0 Å². The first-order chi connectivity index (χ1) is 8.41. The fraction of sp³-hybridized carbons (Fsp3) is 0.308. The second-order valence-corrected chi connectivity index (χ2v) is 3.73. The van der Waals surface area contributed by atoms with Gasteiger partial charge in [0.2, 0.25) is 0 Å². The van der Waals surface area contributed by atoms with Crippen molar-refractivity contribution in [2.75, 3.05) is 0 Å². The first kappa shape index (κ1) is 8.82. The van der Waals surface area contributed by atoms with E-state index in [1.165, 1.54) is 6.33 Å². The zero-order valence-corrected chi connectivity index (χ0v) is 10.1. The molecule has 0 spiro atoms. The fourth-order valence-corrected chi connectivity index (χ4v) is 1.68. The molecule has 0 bridgehead atoms. The van der Waals surface area contributed by atoms with Crippen LogP contribution in [0.1, 0.15) is 39.3 Å². The minimum absolute atomic E-state index is 0. The van der Waals surface area contributed by atoms with Gasteiger partial charge in [0.1, 0.15) is 0 Å². The van der Waals surface area contributed by atoms with Crippen molar-refractivity contribution in [3.8, 4) is 0 Å². The van der Waals surface area contributed by atoms with Gasteiger partial charge in [0.25, 0.3) is 0 Å². The topological polar surface area (TPSA) is 28.7 Å². The zero-order chi connectivity index (χ0) is 13.3. The maximum Gasteiger partial charge on any atom is 0.0921 e. The average molecular weight is 241 g/mol. The Morgan fingerprint density at radius 1 is 1.38 bits per heavy atom. The molecule has 0 unspecified atom stereocenters. The molecule has 0 radical (unpaired) electrons. The second-order valence-electron chi connectivity index (χ2n) is 3.73. The summed E-state index contributed by atoms with van der Waals surface area (Å²) in [6, 6.07) is 5.76. The maximum absolute atomic E-state index is 7.76. The number of H-pyrrole nitrogens is 1. The quantitative estimate of drug-likeness (QED) is 0.799. The lowest BCUT2D eigenvalue weighted by atomic mass is 9.95. The molecule has 0 amide bonds. The Bertz CT molecular complexity index is 535. The predicted octanol–water partition coefficient (Wildman–Crippen LogP) is 3.60. The number of aromatic amines is 1. The number of nitrogens with zero attached hydrogens (tertiary/aromatic N) is 1. The van der Waals surface area contributed by atoms with Gasteiger partial charge in [-0.25, -0.2) is 4.98 Å². The van der Waals surface area contributed by atoms with Gasteiger partial charge in [0, 0.05) is 21.9 Å². The SMILES string of the molecule is Cl.[2H][13C]([2H])([2H])[C@H](c1cnc[nH]1)c1cccc(C)c1C. The monoisotopic (exact) mass is 240 g/mol. The first-order valence-corrected chi connectivity index (χ1v) is 4.95. The number of imidazole rings is 1. The van der Waals surface area contributed by atoms with E-state index >= 15 is 0 Å². The van der Waals surface area contributed by atoms with Crippen molar-refractivity contribution in [1.29, 1.82) is 0 Å². The van der Waals surface area contributed by atoms with Crippen LogP contribution < -0.4 is 0 Å². The predicted molar refractivity (Wildman–Crippen MR) is 69.3 cm³/mol. The van der Waals surface area contributed by atoms with Crippen LogP contribution in [-0.2, 0) is 0 Å². The smallest absolute Gasteiger partial charge is 0.0921 e. The van der Waals surface area contributed by atoms with E-state index in [-0.39, 0.29) is 12.4 Å². The van der Waals surface area contributed by atoms with Gasteiger partial charge in [-0.1, -0.05) is 25.1 Å². The molecule has 2 nitrogen and oxygen atoms in total. The number of nitrogens with one attached hydrogen (secondary N) is 1. The van der Waals surface area contributed by atoms with Crippen LogP contribution in [0, 0.1) is 13.8 Å². The van der Waals surface area contributed by atoms with Crippen molar-refractivity contribution in [2.24, 2.45) is 0 Å². The van der Waals surface area contributed by atoms with Crippen LogP contribution in [0.5, 0.6) is 0 Å². The largest absolute Gasteiger partial charge is 0.348 e. The molecule has 2 rings (SSSR count). The van der Waals surface area contributed by atoms with Gasteiger partial charge in [-0.2, -0.15) is 0 Å². The van der Waals surface area contributed by atoms with E-state index in [2.05, 4.69) is 9.97 Å². The lowest BCUT2D eigenvalue weighted by Crippen LogP contribution is -2.00. The standard InChI is InChI=1S/C13H16N2.ClH/c1-9-5-4-6-12(10(9)2)11(3)13-7-14-8-15-13;/h4-8,11H,1-3H3,(H,14,15);1H/t11-;/m0./s1/i3+1D3;. The number of benzene rings is 1. The van der Waals surface area contributed by atoms with Gasteiger partial charge in [-0.3, -0.25) is 0 Å². The number of rotatable bonds is 2. The van der Waals surface area contributed by atoms with Gasteiger partial charge < -0.3 is 4.98 Å². The molecule has 0 fully saturated rings. The van der Waals surface area contributed by atoms with E-state index in [0.29, 0.717) is 5.69 Å². The summed E-state index contributed by atoms with van der Waals surface area (Å²) in [5.41, 5.74) is 3.58. The van der Waals surface area contributed by atoms with E-state index in [1.807, 2.05) is 32.0 Å². The molecular formula is C13H17ClN2. The Hall–Kier alpha value is -1.28. The molecule has 1 aromatic carbocycles. The number of aryl methyl sites for hydroxylation is 1. The Labute approximate surface area is 107 Å². The molecule has 0 aliphatic heterocycles. The summed E-state index contributed by atoms with van der Waals surface area (Å²) in [4.78, 5) is 6.85. The van der Waals surface area contributed by atoms with E-state index in [9.17, 15) is 0 Å². The van der Waals surface area contributed by atoms with Gasteiger partial charge in [0.05, 0.1) is 6.33 Å². The van der Waals surface area contributed by atoms with Gasteiger partial charge >= 0.3 is 0 Å². The van der Waals surface area contributed by atoms with Crippen LogP contribution in [-0.4, -0.2) is 9.97 Å². The summed E-state index contributed by atoms with van der Waals surface area (Å²) < 4.78 is 23.3. The highest BCUT2D eigenvalue weighted by molar-refractivity contribution is 5.85. The zero-order valence-electron chi connectivity index (χ0n) is 12.3. The molecule has 3 heteroatoms. The summed E-state index contributed by atoms with van der Waals surface area (Å²) in [5.74, 6) is -0.653. The van der Waals surface area contributed by atoms with Crippen molar-refractivity contribution >= 4 is 12.4 Å². The third-order valence-electron chi connectivity index (χ3n) is 2.79. The highest BCUT2D eigenvalue weighted by Gasteiger charge is 2.12. The Kier molecular flexibility index (Phi) is 2.85. The Morgan fingerprint density at radius 3 is 2.81 bits per heavy atom. The first-order valence-electron chi connectivity index (χ1n) is 6.45. The van der Waals surface area contributed by atoms with Crippen LogP contribution in [0.2, 0.25) is 0 Å². The molecule has 1 atom stereocenters.